The third-order valence-electron chi connectivity index (χ3n) is 4.74. The Labute approximate surface area is 190 Å². The summed E-state index contributed by atoms with van der Waals surface area (Å²) in [5.41, 5.74) is 14.5. The van der Waals surface area contributed by atoms with Gasteiger partial charge in [-0.3, -0.25) is 4.79 Å². The molecule has 7 heteroatoms. The summed E-state index contributed by atoms with van der Waals surface area (Å²) in [4.78, 5) is 12.5. The van der Waals surface area contributed by atoms with Gasteiger partial charge in [0.1, 0.15) is 11.5 Å². The average Bonchev–Trinajstić information content (AvgIpc) is 2.72. The quantitative estimate of drug-likeness (QED) is 0.284. The Balaban J connectivity index is 0.00000480. The van der Waals surface area contributed by atoms with Crippen molar-refractivity contribution in [3.63, 3.8) is 0 Å². The number of hydrogen-bond donors (Lipinski definition) is 5. The number of aromatic hydroxyl groups is 2. The lowest BCUT2D eigenvalue weighted by Crippen LogP contribution is -2.35. The highest BCUT2D eigenvalue weighted by atomic mass is 35.5. The van der Waals surface area contributed by atoms with Crippen molar-refractivity contribution in [3.8, 4) is 22.6 Å². The van der Waals surface area contributed by atoms with E-state index in [-0.39, 0.29) is 29.8 Å². The first-order valence-corrected chi connectivity index (χ1v) is 10.1. The van der Waals surface area contributed by atoms with Crippen LogP contribution in [0.2, 0.25) is 0 Å². The van der Waals surface area contributed by atoms with Crippen molar-refractivity contribution in [3.05, 3.63) is 53.6 Å². The van der Waals surface area contributed by atoms with Crippen LogP contribution in [0.5, 0.6) is 11.5 Å². The zero-order valence-electron chi connectivity index (χ0n) is 18.0. The maximum atomic E-state index is 12.5. The first-order valence-electron chi connectivity index (χ1n) is 10.1. The van der Waals surface area contributed by atoms with Crippen molar-refractivity contribution in [2.24, 2.45) is 11.5 Å². The normalized spacial score (nSPS) is 12.1. The highest BCUT2D eigenvalue weighted by Crippen LogP contribution is 2.39. The van der Waals surface area contributed by atoms with Crippen LogP contribution >= 0.6 is 12.4 Å². The summed E-state index contributed by atoms with van der Waals surface area (Å²) < 4.78 is 0. The number of amides is 1. The molecule has 1 unspecified atom stereocenters. The third-order valence-corrected chi connectivity index (χ3v) is 4.74. The van der Waals surface area contributed by atoms with Crippen molar-refractivity contribution in [2.75, 3.05) is 11.9 Å². The molecule has 0 aliphatic carbocycles. The van der Waals surface area contributed by atoms with Gasteiger partial charge in [-0.25, -0.2) is 0 Å². The fraction of sp³-hybridized carbons (Fsp3) is 0.292. The number of phenolic OH excluding ortho intramolecular Hbond substituents is 2. The highest BCUT2D eigenvalue weighted by Gasteiger charge is 2.18. The van der Waals surface area contributed by atoms with E-state index < -0.39 is 6.04 Å². The Morgan fingerprint density at radius 2 is 1.81 bits per heavy atom. The van der Waals surface area contributed by atoms with E-state index >= 15 is 0 Å². The zero-order valence-corrected chi connectivity index (χ0v) is 18.8. The second kappa shape index (κ2) is 12.8. The molecule has 2 aromatic carbocycles. The molecule has 1 atom stereocenters. The van der Waals surface area contributed by atoms with Crippen molar-refractivity contribution < 1.29 is 15.0 Å². The number of phenols is 2. The predicted molar refractivity (Wildman–Crippen MR) is 131 cm³/mol. The van der Waals surface area contributed by atoms with Gasteiger partial charge in [0.25, 0.3) is 0 Å². The first kappa shape index (κ1) is 26.2. The molecule has 31 heavy (non-hydrogen) atoms. The van der Waals surface area contributed by atoms with Crippen molar-refractivity contribution >= 4 is 36.2 Å². The summed E-state index contributed by atoms with van der Waals surface area (Å²) >= 11 is 0. The number of benzene rings is 2. The molecular weight excluding hydrogens is 414 g/mol. The third kappa shape index (κ3) is 7.14. The fourth-order valence-corrected chi connectivity index (χ4v) is 3.16. The molecule has 0 aliphatic rings. The minimum absolute atomic E-state index is 0. The lowest BCUT2D eigenvalue weighted by Gasteiger charge is -2.16. The van der Waals surface area contributed by atoms with E-state index in [0.29, 0.717) is 35.3 Å². The van der Waals surface area contributed by atoms with E-state index in [4.69, 9.17) is 11.5 Å². The van der Waals surface area contributed by atoms with Gasteiger partial charge >= 0.3 is 0 Å². The number of carbonyl (C=O) groups excluding carboxylic acids is 1. The largest absolute Gasteiger partial charge is 0.507 e. The number of hydrogen-bond acceptors (Lipinski definition) is 5. The molecule has 0 spiro atoms. The van der Waals surface area contributed by atoms with Gasteiger partial charge in [0.2, 0.25) is 5.91 Å². The maximum Gasteiger partial charge on any atom is 0.241 e. The molecule has 7 N–H and O–H groups in total. The Hall–Kier alpha value is -2.80. The monoisotopic (exact) mass is 445 g/mol. The van der Waals surface area contributed by atoms with E-state index in [9.17, 15) is 15.0 Å². The van der Waals surface area contributed by atoms with E-state index in [0.717, 1.165) is 18.4 Å². The molecule has 0 saturated carbocycles. The van der Waals surface area contributed by atoms with E-state index in [2.05, 4.69) is 5.32 Å². The topological polar surface area (TPSA) is 122 Å². The molecule has 0 bridgehead atoms. The van der Waals surface area contributed by atoms with Crippen LogP contribution in [-0.4, -0.2) is 28.7 Å². The van der Waals surface area contributed by atoms with Gasteiger partial charge in [-0.1, -0.05) is 36.8 Å². The van der Waals surface area contributed by atoms with Crippen LogP contribution < -0.4 is 16.8 Å². The molecule has 0 saturated heterocycles. The zero-order chi connectivity index (χ0) is 22.1. The van der Waals surface area contributed by atoms with E-state index in [1.807, 2.05) is 38.1 Å². The average molecular weight is 446 g/mol. The molecule has 6 nitrogen and oxygen atoms in total. The second-order valence-corrected chi connectivity index (χ2v) is 7.12. The highest BCUT2D eigenvalue weighted by molar-refractivity contribution is 5.98. The summed E-state index contributed by atoms with van der Waals surface area (Å²) in [6.07, 6.45) is 9.47. The Morgan fingerprint density at radius 1 is 1.10 bits per heavy atom. The maximum absolute atomic E-state index is 12.5. The van der Waals surface area contributed by atoms with Crippen molar-refractivity contribution in [1.82, 2.24) is 0 Å². The van der Waals surface area contributed by atoms with Gasteiger partial charge in [-0.05, 0) is 68.6 Å². The minimum Gasteiger partial charge on any atom is -0.507 e. The van der Waals surface area contributed by atoms with Gasteiger partial charge in [0, 0.05) is 11.1 Å². The van der Waals surface area contributed by atoms with Crippen molar-refractivity contribution in [2.45, 2.75) is 39.2 Å². The van der Waals surface area contributed by atoms with Gasteiger partial charge < -0.3 is 27.0 Å². The van der Waals surface area contributed by atoms with Gasteiger partial charge in [0.05, 0.1) is 11.7 Å². The Kier molecular flexibility index (Phi) is 10.8. The Bertz CT molecular complexity index is 942. The molecular formula is C24H32ClN3O3. The molecule has 2 rings (SSSR count). The number of halogens is 1. The number of unbranched alkanes of at least 4 members (excludes halogenated alkanes) is 1. The summed E-state index contributed by atoms with van der Waals surface area (Å²) in [6, 6.07) is 7.95. The summed E-state index contributed by atoms with van der Waals surface area (Å²) in [5.74, 6) is -0.257. The lowest BCUT2D eigenvalue weighted by molar-refractivity contribution is -0.117. The number of rotatable bonds is 9. The molecule has 0 aromatic heterocycles. The van der Waals surface area contributed by atoms with Crippen LogP contribution in [0.15, 0.2) is 42.5 Å². The SMILES string of the molecule is CC=Cc1cc(NC(=O)C(N)CCCCN)c(O)c(-c2ccc(O)c(C=CC)c2)c1.Cl. The second-order valence-electron chi connectivity index (χ2n) is 7.12. The summed E-state index contributed by atoms with van der Waals surface area (Å²) in [7, 11) is 0. The molecule has 0 fully saturated rings. The van der Waals surface area contributed by atoms with Gasteiger partial charge in [0.15, 0.2) is 0 Å². The Morgan fingerprint density at radius 3 is 2.45 bits per heavy atom. The van der Waals surface area contributed by atoms with Crippen LogP contribution in [-0.2, 0) is 4.79 Å². The molecule has 0 aliphatic heterocycles. The predicted octanol–water partition coefficient (Wildman–Crippen LogP) is 4.65. The van der Waals surface area contributed by atoms with Gasteiger partial charge in [-0.2, -0.15) is 0 Å². The number of nitrogens with two attached hydrogens (primary N) is 2. The molecule has 2 aromatic rings. The number of carbonyl (C=O) groups is 1. The smallest absolute Gasteiger partial charge is 0.241 e. The van der Waals surface area contributed by atoms with Crippen LogP contribution in [0, 0.1) is 0 Å². The molecule has 168 valence electrons. The summed E-state index contributed by atoms with van der Waals surface area (Å²) in [6.45, 7) is 4.31. The molecule has 1 amide bonds. The minimum atomic E-state index is -0.681. The fourth-order valence-electron chi connectivity index (χ4n) is 3.16. The number of nitrogens with one attached hydrogen (secondary N) is 1. The van der Waals surface area contributed by atoms with E-state index in [1.165, 1.54) is 0 Å². The summed E-state index contributed by atoms with van der Waals surface area (Å²) in [5, 5.41) is 23.7. The van der Waals surface area contributed by atoms with Crippen LogP contribution in [0.25, 0.3) is 23.3 Å². The first-order chi connectivity index (χ1) is 14.4. The van der Waals surface area contributed by atoms with Crippen LogP contribution in [0.1, 0.15) is 44.2 Å². The van der Waals surface area contributed by atoms with Crippen molar-refractivity contribution in [1.29, 1.82) is 0 Å². The van der Waals surface area contributed by atoms with E-state index in [1.54, 1.807) is 30.3 Å². The number of anilines is 1. The standard InChI is InChI=1S/C24H31N3O3.ClH/c1-3-7-16-13-19(17-10-11-22(28)18(15-17)8-4-2)23(29)21(14-16)27-24(30)20(26)9-5-6-12-25;/h3-4,7-8,10-11,13-15,20,28-29H,5-6,9,12,25-26H2,1-2H3,(H,27,30);1H. The number of allylic oxidation sites excluding steroid dienone is 2. The lowest BCUT2D eigenvalue weighted by atomic mass is 9.97. The van der Waals surface area contributed by atoms with Crippen LogP contribution in [0.4, 0.5) is 5.69 Å². The van der Waals surface area contributed by atoms with Crippen LogP contribution in [0.3, 0.4) is 0 Å². The molecule has 0 heterocycles. The van der Waals surface area contributed by atoms with Gasteiger partial charge in [-0.15, -0.1) is 12.4 Å². The molecule has 0 radical (unpaired) electrons.